The summed E-state index contributed by atoms with van der Waals surface area (Å²) < 4.78 is 5.28. The van der Waals surface area contributed by atoms with Gasteiger partial charge in [0, 0.05) is 19.3 Å². The number of rotatable bonds is 4. The van der Waals surface area contributed by atoms with E-state index in [1.54, 1.807) is 12.3 Å². The number of nitrogens with zero attached hydrogens (tertiary/aromatic N) is 2. The van der Waals surface area contributed by atoms with Gasteiger partial charge in [-0.1, -0.05) is 0 Å². The molecule has 0 spiro atoms. The van der Waals surface area contributed by atoms with E-state index in [-0.39, 0.29) is 12.0 Å². The number of aromatic nitrogens is 1. The fourth-order valence-corrected chi connectivity index (χ4v) is 2.08. The number of likely N-dealkylation sites (tertiary alicyclic amines) is 1. The minimum absolute atomic E-state index is 0.187. The average molecular weight is 278 g/mol. The van der Waals surface area contributed by atoms with Gasteiger partial charge in [0.15, 0.2) is 0 Å². The molecule has 0 atom stereocenters. The van der Waals surface area contributed by atoms with Crippen molar-refractivity contribution in [3.63, 3.8) is 0 Å². The van der Waals surface area contributed by atoms with Crippen molar-refractivity contribution < 1.29 is 9.53 Å². The Morgan fingerprint density at radius 1 is 1.55 bits per heavy atom. The second-order valence-electron chi connectivity index (χ2n) is 6.06. The van der Waals surface area contributed by atoms with Crippen LogP contribution in [0, 0.1) is 0 Å². The van der Waals surface area contributed by atoms with Crippen molar-refractivity contribution in [3.05, 3.63) is 18.3 Å². The van der Waals surface area contributed by atoms with Crippen molar-refractivity contribution in [2.45, 2.75) is 32.4 Å². The zero-order valence-corrected chi connectivity index (χ0v) is 12.2. The number of hydrogen-bond donors (Lipinski definition) is 2. The van der Waals surface area contributed by atoms with Crippen LogP contribution in [0.4, 0.5) is 11.5 Å². The molecule has 1 aliphatic rings. The van der Waals surface area contributed by atoms with Crippen LogP contribution in [0.25, 0.3) is 0 Å². The molecule has 0 unspecified atom stereocenters. The Balaban J connectivity index is 1.73. The van der Waals surface area contributed by atoms with Gasteiger partial charge in [-0.2, -0.15) is 0 Å². The number of carbonyl (C=O) groups is 1. The number of nitrogen functional groups attached to an aromatic ring is 1. The van der Waals surface area contributed by atoms with Gasteiger partial charge in [0.05, 0.1) is 18.3 Å². The zero-order valence-electron chi connectivity index (χ0n) is 12.2. The molecule has 0 amide bonds. The quantitative estimate of drug-likeness (QED) is 0.803. The molecule has 2 rings (SSSR count). The Hall–Kier alpha value is -1.82. The topological polar surface area (TPSA) is 80.5 Å². The minimum atomic E-state index is -0.429. The first-order chi connectivity index (χ1) is 9.33. The van der Waals surface area contributed by atoms with Crippen LogP contribution in [-0.4, -0.2) is 47.1 Å². The van der Waals surface area contributed by atoms with Gasteiger partial charge in [-0.15, -0.1) is 0 Å². The highest BCUT2D eigenvalue weighted by atomic mass is 16.6. The molecular weight excluding hydrogens is 256 g/mol. The van der Waals surface area contributed by atoms with Crippen LogP contribution in [0.15, 0.2) is 18.3 Å². The third-order valence-corrected chi connectivity index (χ3v) is 2.91. The molecule has 2 heterocycles. The van der Waals surface area contributed by atoms with E-state index in [2.05, 4.69) is 10.3 Å². The van der Waals surface area contributed by atoms with E-state index in [0.29, 0.717) is 18.1 Å². The monoisotopic (exact) mass is 278 g/mol. The molecule has 0 radical (unpaired) electrons. The summed E-state index contributed by atoms with van der Waals surface area (Å²) in [6.07, 6.45) is 1.70. The number of hydrogen-bond acceptors (Lipinski definition) is 6. The SMILES string of the molecule is CC(C)(C)OC(=O)CN1CC(Nc2ncccc2N)C1. The Kier molecular flexibility index (Phi) is 4.13. The molecule has 3 N–H and O–H groups in total. The van der Waals surface area contributed by atoms with Gasteiger partial charge in [0.25, 0.3) is 0 Å². The third kappa shape index (κ3) is 4.09. The second kappa shape index (κ2) is 5.66. The Morgan fingerprint density at radius 2 is 2.25 bits per heavy atom. The predicted molar refractivity (Wildman–Crippen MR) is 78.3 cm³/mol. The Labute approximate surface area is 119 Å². The first kappa shape index (κ1) is 14.6. The largest absolute Gasteiger partial charge is 0.459 e. The highest BCUT2D eigenvalue weighted by molar-refractivity contribution is 5.72. The lowest BCUT2D eigenvalue weighted by atomic mass is 10.1. The van der Waals surface area contributed by atoms with E-state index in [0.717, 1.165) is 13.1 Å². The minimum Gasteiger partial charge on any atom is -0.459 e. The summed E-state index contributed by atoms with van der Waals surface area (Å²) in [5.41, 5.74) is 6.03. The van der Waals surface area contributed by atoms with Gasteiger partial charge in [-0.25, -0.2) is 4.98 Å². The summed E-state index contributed by atoms with van der Waals surface area (Å²) in [6.45, 7) is 7.51. The number of esters is 1. The molecule has 20 heavy (non-hydrogen) atoms. The standard InChI is InChI=1S/C14H22N4O2/c1-14(2,3)20-12(19)9-18-7-10(8-18)17-13-11(15)5-4-6-16-13/h4-6,10H,7-9,15H2,1-3H3,(H,16,17). The molecule has 6 heteroatoms. The fourth-order valence-electron chi connectivity index (χ4n) is 2.08. The molecule has 1 aromatic heterocycles. The number of carbonyl (C=O) groups excluding carboxylic acids is 1. The molecule has 0 bridgehead atoms. The molecule has 1 aliphatic heterocycles. The predicted octanol–water partition coefficient (Wildman–Crippen LogP) is 1.10. The van der Waals surface area contributed by atoms with E-state index in [9.17, 15) is 4.79 Å². The van der Waals surface area contributed by atoms with Crippen molar-refractivity contribution in [1.82, 2.24) is 9.88 Å². The van der Waals surface area contributed by atoms with Crippen molar-refractivity contribution >= 4 is 17.5 Å². The smallest absolute Gasteiger partial charge is 0.320 e. The maximum absolute atomic E-state index is 11.7. The number of anilines is 2. The van der Waals surface area contributed by atoms with Crippen molar-refractivity contribution in [1.29, 1.82) is 0 Å². The summed E-state index contributed by atoms with van der Waals surface area (Å²) in [4.78, 5) is 17.9. The number of nitrogens with one attached hydrogen (secondary N) is 1. The number of pyridine rings is 1. The highest BCUT2D eigenvalue weighted by Crippen LogP contribution is 2.18. The molecular formula is C14H22N4O2. The van der Waals surface area contributed by atoms with Crippen LogP contribution in [0.5, 0.6) is 0 Å². The number of ether oxygens (including phenoxy) is 1. The van der Waals surface area contributed by atoms with Gasteiger partial charge in [-0.05, 0) is 32.9 Å². The van der Waals surface area contributed by atoms with E-state index >= 15 is 0 Å². The maximum atomic E-state index is 11.7. The maximum Gasteiger partial charge on any atom is 0.320 e. The Morgan fingerprint density at radius 3 is 2.85 bits per heavy atom. The fraction of sp³-hybridized carbons (Fsp3) is 0.571. The van der Waals surface area contributed by atoms with Gasteiger partial charge in [0.2, 0.25) is 0 Å². The lowest BCUT2D eigenvalue weighted by molar-refractivity contribution is -0.157. The van der Waals surface area contributed by atoms with Crippen LogP contribution in [0.3, 0.4) is 0 Å². The molecule has 0 aromatic carbocycles. The first-order valence-corrected chi connectivity index (χ1v) is 6.75. The molecule has 0 aliphatic carbocycles. The van der Waals surface area contributed by atoms with Gasteiger partial charge < -0.3 is 15.8 Å². The van der Waals surface area contributed by atoms with Crippen LogP contribution >= 0.6 is 0 Å². The van der Waals surface area contributed by atoms with E-state index in [1.165, 1.54) is 0 Å². The van der Waals surface area contributed by atoms with E-state index < -0.39 is 5.60 Å². The number of nitrogens with two attached hydrogens (primary N) is 1. The van der Waals surface area contributed by atoms with Gasteiger partial charge >= 0.3 is 5.97 Å². The van der Waals surface area contributed by atoms with Crippen LogP contribution < -0.4 is 11.1 Å². The summed E-state index contributed by atoms with van der Waals surface area (Å²) in [5.74, 6) is 0.516. The average Bonchev–Trinajstić information content (AvgIpc) is 2.26. The normalized spacial score (nSPS) is 16.6. The van der Waals surface area contributed by atoms with Gasteiger partial charge in [-0.3, -0.25) is 9.69 Å². The molecule has 1 saturated heterocycles. The second-order valence-corrected chi connectivity index (χ2v) is 6.06. The molecule has 1 aromatic rings. The van der Waals surface area contributed by atoms with Crippen LogP contribution in [-0.2, 0) is 9.53 Å². The van der Waals surface area contributed by atoms with Crippen LogP contribution in [0.2, 0.25) is 0 Å². The van der Waals surface area contributed by atoms with E-state index in [4.69, 9.17) is 10.5 Å². The summed E-state index contributed by atoms with van der Waals surface area (Å²) in [5, 5.41) is 3.27. The third-order valence-electron chi connectivity index (χ3n) is 2.91. The van der Waals surface area contributed by atoms with Crippen molar-refractivity contribution in [2.24, 2.45) is 0 Å². The summed E-state index contributed by atoms with van der Waals surface area (Å²) in [6, 6.07) is 3.89. The van der Waals surface area contributed by atoms with Crippen LogP contribution in [0.1, 0.15) is 20.8 Å². The summed E-state index contributed by atoms with van der Waals surface area (Å²) in [7, 11) is 0. The highest BCUT2D eigenvalue weighted by Gasteiger charge is 2.30. The van der Waals surface area contributed by atoms with Crippen molar-refractivity contribution in [2.75, 3.05) is 30.7 Å². The lowest BCUT2D eigenvalue weighted by Crippen LogP contribution is -2.56. The first-order valence-electron chi connectivity index (χ1n) is 6.75. The molecule has 1 fully saturated rings. The zero-order chi connectivity index (χ0) is 14.8. The van der Waals surface area contributed by atoms with E-state index in [1.807, 2.05) is 31.7 Å². The van der Waals surface area contributed by atoms with Crippen molar-refractivity contribution in [3.8, 4) is 0 Å². The lowest BCUT2D eigenvalue weighted by Gasteiger charge is -2.39. The molecule has 0 saturated carbocycles. The summed E-state index contributed by atoms with van der Waals surface area (Å²) >= 11 is 0. The van der Waals surface area contributed by atoms with Gasteiger partial charge in [0.1, 0.15) is 11.4 Å². The Bertz CT molecular complexity index is 478. The molecule has 110 valence electrons. The molecule has 6 nitrogen and oxygen atoms in total.